The summed E-state index contributed by atoms with van der Waals surface area (Å²) in [6.07, 6.45) is -8.09. The molecule has 0 spiro atoms. The molecule has 7 N–H and O–H groups in total. The molecule has 0 bridgehead atoms. The summed E-state index contributed by atoms with van der Waals surface area (Å²) in [5.41, 5.74) is -1.06. The fraction of sp³-hybridized carbons (Fsp3) is 0.882. The van der Waals surface area contributed by atoms with Gasteiger partial charge in [0.05, 0.1) is 36.7 Å². The van der Waals surface area contributed by atoms with E-state index in [9.17, 15) is 40.2 Å². The van der Waals surface area contributed by atoms with Crippen LogP contribution >= 0.6 is 11.8 Å². The Bertz CT molecular complexity index is 613. The zero-order chi connectivity index (χ0) is 22.7. The van der Waals surface area contributed by atoms with Crippen LogP contribution in [0.2, 0.25) is 0 Å². The number of hydrogen-bond donors (Lipinski definition) is 7. The van der Waals surface area contributed by atoms with Gasteiger partial charge in [-0.15, -0.1) is 11.8 Å². The minimum atomic E-state index is -1.56. The maximum absolute atomic E-state index is 11.7. The lowest BCUT2D eigenvalue weighted by Crippen LogP contribution is -2.66. The first-order valence-corrected chi connectivity index (χ1v) is 10.4. The summed E-state index contributed by atoms with van der Waals surface area (Å²) >= 11 is 0.889. The Hall–Kier alpha value is -1.03. The van der Waals surface area contributed by atoms with E-state index >= 15 is 0 Å². The van der Waals surface area contributed by atoms with Crippen LogP contribution in [-0.4, -0.2) is 127 Å². The number of carbonyl (C=O) groups excluding carboxylic acids is 2. The highest BCUT2D eigenvalue weighted by Gasteiger charge is 2.51. The average molecular weight is 454 g/mol. The summed E-state index contributed by atoms with van der Waals surface area (Å²) < 4.78 is 11.0. The van der Waals surface area contributed by atoms with Gasteiger partial charge >= 0.3 is 0 Å². The van der Waals surface area contributed by atoms with E-state index in [0.29, 0.717) is 0 Å². The molecule has 2 rings (SSSR count). The Balaban J connectivity index is 2.31. The molecule has 13 heteroatoms. The molecule has 12 nitrogen and oxygen atoms in total. The zero-order valence-electron chi connectivity index (χ0n) is 16.9. The summed E-state index contributed by atoms with van der Waals surface area (Å²) in [7, 11) is 1.38. The van der Waals surface area contributed by atoms with Gasteiger partial charge in [0.15, 0.2) is 6.29 Å². The summed E-state index contributed by atoms with van der Waals surface area (Å²) in [5, 5.41) is 62.3. The van der Waals surface area contributed by atoms with Crippen LogP contribution in [0.1, 0.15) is 13.8 Å². The van der Waals surface area contributed by atoms with E-state index < -0.39 is 84.6 Å². The molecule has 30 heavy (non-hydrogen) atoms. The van der Waals surface area contributed by atoms with Gasteiger partial charge in [-0.1, -0.05) is 0 Å². The van der Waals surface area contributed by atoms with Crippen molar-refractivity contribution in [2.24, 2.45) is 0 Å². The highest BCUT2D eigenvalue weighted by atomic mass is 32.2. The fourth-order valence-electron chi connectivity index (χ4n) is 3.61. The summed E-state index contributed by atoms with van der Waals surface area (Å²) in [6.45, 7) is 1.28. The number of thioether (sulfide) groups is 1. The Kier molecular flexibility index (Phi) is 8.85. The van der Waals surface area contributed by atoms with Crippen molar-refractivity contribution >= 4 is 23.6 Å². The normalized spacial score (nSPS) is 41.9. The second-order valence-electron chi connectivity index (χ2n) is 7.39. The number of likely N-dealkylation sites (N-methyl/N-ethyl adjacent to an activating group) is 1. The number of ether oxygens (including phenoxy) is 2. The minimum absolute atomic E-state index is 0.433. The molecule has 0 aromatic heterocycles. The molecule has 0 saturated carbocycles. The molecular weight excluding hydrogens is 424 g/mol. The first-order valence-electron chi connectivity index (χ1n) is 9.44. The third kappa shape index (κ3) is 5.23. The largest absolute Gasteiger partial charge is 0.394 e. The van der Waals surface area contributed by atoms with Gasteiger partial charge < -0.3 is 50.3 Å². The summed E-state index contributed by atoms with van der Waals surface area (Å²) in [4.78, 5) is 24.4. The third-order valence-corrected chi connectivity index (χ3v) is 6.89. The van der Waals surface area contributed by atoms with Crippen LogP contribution in [0.5, 0.6) is 0 Å². The van der Waals surface area contributed by atoms with Crippen molar-refractivity contribution in [3.05, 3.63) is 0 Å². The second kappa shape index (κ2) is 10.5. The molecule has 2 aliphatic heterocycles. The molecule has 0 aliphatic carbocycles. The number of aliphatic hydroxyl groups is 6. The van der Waals surface area contributed by atoms with Crippen molar-refractivity contribution in [1.82, 2.24) is 10.2 Å². The van der Waals surface area contributed by atoms with E-state index in [4.69, 9.17) is 9.47 Å². The standard InChI is InChI=1S/C17H30N2O10S/c1-6(22)18-10-13(25)12(24)8(4-20)29-17(10)30-15-9(5-21)28-16(27)11(14(15)26)19(3)7(2)23/h8-17,20-21,24-27H,4-5H2,1-3H3,(H,18,22)/t8-,9-,10-,11-,12-,13-,14-,15-,16-,17+/m1/s1. The summed E-state index contributed by atoms with van der Waals surface area (Å²) in [6, 6.07) is -2.25. The molecule has 2 heterocycles. The highest BCUT2D eigenvalue weighted by Crippen LogP contribution is 2.38. The average Bonchev–Trinajstić information content (AvgIpc) is 2.68. The highest BCUT2D eigenvalue weighted by molar-refractivity contribution is 8.00. The first kappa shape index (κ1) is 25.2. The van der Waals surface area contributed by atoms with Crippen LogP contribution in [0.25, 0.3) is 0 Å². The Morgan fingerprint density at radius 1 is 0.967 bits per heavy atom. The molecule has 2 saturated heterocycles. The van der Waals surface area contributed by atoms with Gasteiger partial charge in [0.2, 0.25) is 11.8 Å². The first-order chi connectivity index (χ1) is 14.0. The second-order valence-corrected chi connectivity index (χ2v) is 8.67. The van der Waals surface area contributed by atoms with Crippen LogP contribution in [0.4, 0.5) is 0 Å². The van der Waals surface area contributed by atoms with Crippen LogP contribution < -0.4 is 5.32 Å². The predicted octanol–water partition coefficient (Wildman–Crippen LogP) is -4.05. The fourth-order valence-corrected chi connectivity index (χ4v) is 5.17. The van der Waals surface area contributed by atoms with Crippen LogP contribution in [0, 0.1) is 0 Å². The number of rotatable bonds is 6. The van der Waals surface area contributed by atoms with Crippen molar-refractivity contribution in [2.45, 2.75) is 73.4 Å². The smallest absolute Gasteiger partial charge is 0.219 e. The van der Waals surface area contributed by atoms with Crippen LogP contribution in [0.15, 0.2) is 0 Å². The monoisotopic (exact) mass is 454 g/mol. The molecule has 0 unspecified atom stereocenters. The van der Waals surface area contributed by atoms with Gasteiger partial charge in [0, 0.05) is 20.9 Å². The zero-order valence-corrected chi connectivity index (χ0v) is 17.7. The number of nitrogens with one attached hydrogen (secondary N) is 1. The molecular formula is C17H30N2O10S. The maximum atomic E-state index is 11.7. The van der Waals surface area contributed by atoms with Gasteiger partial charge in [0.25, 0.3) is 0 Å². The quantitative estimate of drug-likeness (QED) is 0.207. The number of carbonyl (C=O) groups is 2. The van der Waals surface area contributed by atoms with E-state index in [-0.39, 0.29) is 0 Å². The van der Waals surface area contributed by atoms with Gasteiger partial charge in [-0.2, -0.15) is 0 Å². The van der Waals surface area contributed by atoms with E-state index in [2.05, 4.69) is 5.32 Å². The van der Waals surface area contributed by atoms with Crippen molar-refractivity contribution < 1.29 is 49.7 Å². The number of nitrogens with zero attached hydrogens (tertiary/aromatic N) is 1. The lowest BCUT2D eigenvalue weighted by molar-refractivity contribution is -0.229. The minimum Gasteiger partial charge on any atom is -0.394 e. The van der Waals surface area contributed by atoms with Crippen molar-refractivity contribution in [2.75, 3.05) is 20.3 Å². The Morgan fingerprint density at radius 3 is 2.07 bits per heavy atom. The lowest BCUT2D eigenvalue weighted by atomic mass is 9.98. The Labute approximate surface area is 177 Å². The lowest BCUT2D eigenvalue weighted by Gasteiger charge is -2.48. The van der Waals surface area contributed by atoms with Gasteiger partial charge in [0.1, 0.15) is 29.8 Å². The van der Waals surface area contributed by atoms with Crippen molar-refractivity contribution in [1.29, 1.82) is 0 Å². The molecule has 0 aromatic rings. The third-order valence-electron chi connectivity index (χ3n) is 5.33. The summed E-state index contributed by atoms with van der Waals surface area (Å²) in [5.74, 6) is -0.941. The number of aliphatic hydroxyl groups excluding tert-OH is 6. The molecule has 2 fully saturated rings. The number of amides is 2. The van der Waals surface area contributed by atoms with Crippen LogP contribution in [0.3, 0.4) is 0 Å². The van der Waals surface area contributed by atoms with Gasteiger partial charge in [-0.25, -0.2) is 0 Å². The van der Waals surface area contributed by atoms with E-state index in [0.717, 1.165) is 16.7 Å². The number of hydrogen-bond acceptors (Lipinski definition) is 11. The van der Waals surface area contributed by atoms with Gasteiger partial charge in [-0.3, -0.25) is 9.59 Å². The molecule has 174 valence electrons. The predicted molar refractivity (Wildman–Crippen MR) is 103 cm³/mol. The van der Waals surface area contributed by atoms with E-state index in [1.165, 1.54) is 20.9 Å². The van der Waals surface area contributed by atoms with Crippen molar-refractivity contribution in [3.63, 3.8) is 0 Å². The van der Waals surface area contributed by atoms with Gasteiger partial charge in [-0.05, 0) is 0 Å². The molecule has 2 amide bonds. The molecule has 2 aliphatic rings. The molecule has 10 atom stereocenters. The van der Waals surface area contributed by atoms with Crippen molar-refractivity contribution in [3.8, 4) is 0 Å². The van der Waals surface area contributed by atoms with Crippen LogP contribution in [-0.2, 0) is 19.1 Å². The molecule has 0 radical (unpaired) electrons. The maximum Gasteiger partial charge on any atom is 0.219 e. The SMILES string of the molecule is CC(=O)N[C@@H]1[C@@H](O)[C@H](O)[C@@H](CO)O[C@H]1S[C@H]1[C@H](O)[C@@H](N(C)C(C)=O)[C@H](O)O[C@@H]1CO. The molecule has 0 aromatic carbocycles. The Morgan fingerprint density at radius 2 is 1.57 bits per heavy atom. The van der Waals surface area contributed by atoms with E-state index in [1.54, 1.807) is 0 Å². The van der Waals surface area contributed by atoms with E-state index in [1.807, 2.05) is 0 Å². The topological polar surface area (TPSA) is 189 Å².